The van der Waals surface area contributed by atoms with Gasteiger partial charge in [-0.15, -0.1) is 0 Å². The highest BCUT2D eigenvalue weighted by molar-refractivity contribution is 7.59. The van der Waals surface area contributed by atoms with Gasteiger partial charge in [0.2, 0.25) is 0 Å². The van der Waals surface area contributed by atoms with Crippen molar-refractivity contribution in [2.75, 3.05) is 18.9 Å². The number of hydrogen-bond donors (Lipinski definition) is 5. The number of carbonyl (C=O) groups excluding carboxylic acids is 2. The molecule has 2 aliphatic heterocycles. The lowest BCUT2D eigenvalue weighted by atomic mass is 10.1. The fraction of sp³-hybridized carbons (Fsp3) is 0.611. The predicted molar refractivity (Wildman–Crippen MR) is 120 cm³/mol. The van der Waals surface area contributed by atoms with Crippen LogP contribution in [-0.2, 0) is 46.3 Å². The zero-order valence-electron chi connectivity index (χ0n) is 20.8. The first kappa shape index (κ1) is 32.2. The second-order valence-corrected chi connectivity index (χ2v) is 11.7. The van der Waals surface area contributed by atoms with Crippen molar-refractivity contribution >= 4 is 44.6 Å². The summed E-state index contributed by atoms with van der Waals surface area (Å²) in [5, 5.41) is 51.0. The Morgan fingerprint density at radius 3 is 2.21 bits per heavy atom. The first-order valence-electron chi connectivity index (χ1n) is 11.6. The van der Waals surface area contributed by atoms with Crippen LogP contribution in [0.2, 0.25) is 0 Å². The average Bonchev–Trinajstić information content (AvgIpc) is 3.51. The molecule has 22 nitrogen and oxygen atoms in total. The Labute approximate surface area is 233 Å². The first-order chi connectivity index (χ1) is 19.6. The molecule has 2 fully saturated rings. The molecule has 10 atom stereocenters. The molecule has 0 bridgehead atoms. The molecule has 4 heterocycles. The molecule has 3 unspecified atom stereocenters. The maximum Gasteiger partial charge on any atom is 0.312 e. The minimum Gasteiger partial charge on any atom is -0.756 e. The highest BCUT2D eigenvalue weighted by Crippen LogP contribution is 2.56. The fourth-order valence-corrected chi connectivity index (χ4v) is 5.96. The van der Waals surface area contributed by atoms with E-state index in [1.165, 1.54) is 10.9 Å². The molecule has 2 aromatic rings. The van der Waals surface area contributed by atoms with E-state index in [-0.39, 0.29) is 17.0 Å². The summed E-state index contributed by atoms with van der Waals surface area (Å²) in [4.78, 5) is 57.8. The van der Waals surface area contributed by atoms with Crippen molar-refractivity contribution in [3.63, 3.8) is 0 Å². The van der Waals surface area contributed by atoms with Crippen molar-refractivity contribution in [3.8, 4) is 0 Å². The topological polar surface area (TPSA) is 343 Å². The van der Waals surface area contributed by atoms with E-state index >= 15 is 0 Å². The zero-order chi connectivity index (χ0) is 31.0. The minimum atomic E-state index is -5.76. The number of carbonyl (C=O) groups is 2. The molecule has 0 radical (unpaired) electrons. The van der Waals surface area contributed by atoms with Gasteiger partial charge in [0, 0.05) is 0 Å². The van der Waals surface area contributed by atoms with Gasteiger partial charge in [0.25, 0.3) is 15.6 Å². The van der Waals surface area contributed by atoms with Crippen LogP contribution < -0.4 is 20.6 Å². The minimum absolute atomic E-state index is 0.0160. The number of phosphoric acid groups is 2. The Morgan fingerprint density at radius 1 is 0.976 bits per heavy atom. The van der Waals surface area contributed by atoms with Crippen molar-refractivity contribution < 1.29 is 81.6 Å². The molecule has 0 saturated carbocycles. The zero-order valence-corrected chi connectivity index (χ0v) is 22.5. The van der Waals surface area contributed by atoms with Crippen molar-refractivity contribution in [1.82, 2.24) is 19.5 Å². The van der Waals surface area contributed by atoms with Crippen LogP contribution in [0.5, 0.6) is 0 Å². The number of aliphatic hydroxyl groups excluding tert-OH is 4. The number of ether oxygens (including phenoxy) is 3. The van der Waals surface area contributed by atoms with Crippen LogP contribution in [0.1, 0.15) is 12.6 Å². The van der Waals surface area contributed by atoms with Gasteiger partial charge in [-0.25, -0.2) is 19.3 Å². The van der Waals surface area contributed by atoms with Gasteiger partial charge >= 0.3 is 5.97 Å². The number of imidazole rings is 1. The standard InChI is InChI=1S/C18H25N5O17P2/c19-15-10-16(21-4-20-15)23(5-22-10)17-13(29)11(27)6(37-17)2-35-41(31,32)40-42(33,34)36-3-7-12(28)14(18(30)38-7)39-9(26)1-8(24)25/h4-7,11-14,17-18,27-30H,1-3H2,(H,24,25)(H,31,32)(H,33,34)(H2,19,20,21)/p-3/t6-,7-,11-,12-,13-,14-,17-,18?/m1/s1. The van der Waals surface area contributed by atoms with Gasteiger partial charge in [0.1, 0.15) is 42.4 Å². The SMILES string of the molecule is Nc1ncnc2c1ncn2[C@@H]1O[C@H](COP(=O)([O-])OP(=O)([O-])OC[C@H]2OC(O)[C@H](OC(=O)CC(=O)[O-])[C@@H]2O)[C@@H](O)[C@H]1O. The van der Waals surface area contributed by atoms with Crippen LogP contribution in [0.4, 0.5) is 5.82 Å². The van der Waals surface area contributed by atoms with Gasteiger partial charge < -0.3 is 69.1 Å². The van der Waals surface area contributed by atoms with E-state index in [1.54, 1.807) is 0 Å². The van der Waals surface area contributed by atoms with Gasteiger partial charge in [0.05, 0.1) is 31.9 Å². The average molecular weight is 642 g/mol. The van der Waals surface area contributed by atoms with Crippen molar-refractivity contribution in [2.24, 2.45) is 0 Å². The number of phosphoric ester groups is 2. The molecule has 24 heteroatoms. The molecule has 0 aromatic carbocycles. The summed E-state index contributed by atoms with van der Waals surface area (Å²) in [6, 6.07) is 0. The number of nitrogen functional groups attached to an aromatic ring is 1. The van der Waals surface area contributed by atoms with E-state index < -0.39 is 96.4 Å². The van der Waals surface area contributed by atoms with E-state index in [0.29, 0.717) is 0 Å². The number of carboxylic acid groups (broad SMARTS) is 1. The lowest BCUT2D eigenvalue weighted by molar-refractivity contribution is -0.305. The molecule has 2 aromatic heterocycles. The molecular formula is C18H22N5O17P2-3. The highest BCUT2D eigenvalue weighted by atomic mass is 31.3. The Hall–Kier alpha value is -2.69. The third-order valence-electron chi connectivity index (χ3n) is 5.86. The number of anilines is 1. The molecule has 6 N–H and O–H groups in total. The summed E-state index contributed by atoms with van der Waals surface area (Å²) < 4.78 is 52.9. The number of nitrogens with zero attached hydrogens (tertiary/aromatic N) is 4. The van der Waals surface area contributed by atoms with Crippen LogP contribution in [0.25, 0.3) is 11.2 Å². The fourth-order valence-electron chi connectivity index (χ4n) is 3.95. The number of aliphatic carboxylic acids is 1. The predicted octanol–water partition coefficient (Wildman–Crippen LogP) is -5.86. The van der Waals surface area contributed by atoms with E-state index in [2.05, 4.69) is 33.0 Å². The van der Waals surface area contributed by atoms with Crippen LogP contribution in [0.15, 0.2) is 12.7 Å². The summed E-state index contributed by atoms with van der Waals surface area (Å²) in [6.45, 7) is -2.19. The molecule has 0 spiro atoms. The number of hydrogen-bond acceptors (Lipinski definition) is 21. The lowest BCUT2D eigenvalue weighted by Gasteiger charge is -2.32. The van der Waals surface area contributed by atoms with Crippen molar-refractivity contribution in [1.29, 1.82) is 0 Å². The lowest BCUT2D eigenvalue weighted by Crippen LogP contribution is -2.39. The van der Waals surface area contributed by atoms with E-state index in [1.807, 2.05) is 0 Å². The molecule has 4 rings (SSSR count). The summed E-state index contributed by atoms with van der Waals surface area (Å²) in [7, 11) is -11.5. The van der Waals surface area contributed by atoms with Crippen LogP contribution >= 0.6 is 15.6 Å². The molecule has 0 amide bonds. The maximum atomic E-state index is 12.1. The summed E-state index contributed by atoms with van der Waals surface area (Å²) in [5.74, 6) is -3.20. The van der Waals surface area contributed by atoms with Crippen LogP contribution in [-0.4, -0.2) is 108 Å². The van der Waals surface area contributed by atoms with E-state index in [0.717, 1.165) is 6.33 Å². The quantitative estimate of drug-likeness (QED) is 0.0817. The second kappa shape index (κ2) is 12.5. The van der Waals surface area contributed by atoms with Gasteiger partial charge in [-0.2, -0.15) is 0 Å². The third-order valence-corrected chi connectivity index (χ3v) is 8.39. The second-order valence-electron chi connectivity index (χ2n) is 8.76. The number of carboxylic acids is 1. The van der Waals surface area contributed by atoms with Gasteiger partial charge in [-0.3, -0.25) is 18.5 Å². The van der Waals surface area contributed by atoms with Gasteiger partial charge in [-0.1, -0.05) is 0 Å². The van der Waals surface area contributed by atoms with Crippen LogP contribution in [0, 0.1) is 0 Å². The van der Waals surface area contributed by atoms with E-state index in [9.17, 15) is 54.0 Å². The summed E-state index contributed by atoms with van der Waals surface area (Å²) in [5.41, 5.74) is 5.98. The number of esters is 1. The highest BCUT2D eigenvalue weighted by Gasteiger charge is 2.47. The number of rotatable bonds is 12. The number of aliphatic hydroxyl groups is 4. The smallest absolute Gasteiger partial charge is 0.312 e. The molecule has 0 aliphatic carbocycles. The first-order valence-corrected chi connectivity index (χ1v) is 14.5. The number of nitrogens with two attached hydrogens (primary N) is 1. The van der Waals surface area contributed by atoms with Crippen molar-refractivity contribution in [3.05, 3.63) is 12.7 Å². The molecule has 2 saturated heterocycles. The molecular weight excluding hydrogens is 620 g/mol. The van der Waals surface area contributed by atoms with Crippen LogP contribution in [0.3, 0.4) is 0 Å². The largest absolute Gasteiger partial charge is 0.756 e. The third kappa shape index (κ3) is 7.26. The normalized spacial score (nSPS) is 32.4. The molecule has 42 heavy (non-hydrogen) atoms. The van der Waals surface area contributed by atoms with E-state index in [4.69, 9.17) is 15.2 Å². The maximum absolute atomic E-state index is 12.1. The Balaban J connectivity index is 1.30. The Bertz CT molecular complexity index is 1410. The monoisotopic (exact) mass is 642 g/mol. The number of fused-ring (bicyclic) bond motifs is 1. The van der Waals surface area contributed by atoms with Gasteiger partial charge in [-0.05, 0) is 0 Å². The molecule has 234 valence electrons. The Kier molecular flexibility index (Phi) is 9.59. The van der Waals surface area contributed by atoms with Gasteiger partial charge in [0.15, 0.2) is 30.1 Å². The Morgan fingerprint density at radius 2 is 1.60 bits per heavy atom. The van der Waals surface area contributed by atoms with Crippen molar-refractivity contribution in [2.45, 2.75) is 55.6 Å². The molecule has 2 aliphatic rings. The summed E-state index contributed by atoms with van der Waals surface area (Å²) >= 11 is 0. The number of aromatic nitrogens is 4. The summed E-state index contributed by atoms with van der Waals surface area (Å²) in [6.07, 6.45) is -12.7.